The van der Waals surface area contributed by atoms with Gasteiger partial charge < -0.3 is 15.4 Å². The van der Waals surface area contributed by atoms with Crippen molar-refractivity contribution >= 4 is 5.91 Å². The van der Waals surface area contributed by atoms with Crippen LogP contribution in [0.2, 0.25) is 0 Å². The number of ether oxygens (including phenoxy) is 1. The first-order valence-electron chi connectivity index (χ1n) is 7.26. The summed E-state index contributed by atoms with van der Waals surface area (Å²) in [5.74, 6) is 0.757. The maximum absolute atomic E-state index is 12.3. The number of amides is 1. The summed E-state index contributed by atoms with van der Waals surface area (Å²) in [5, 5.41) is 6.43. The Bertz CT molecular complexity index is 466. The second-order valence-corrected chi connectivity index (χ2v) is 5.50. The number of nitrogens with one attached hydrogen (secondary N) is 2. The molecule has 4 nitrogen and oxygen atoms in total. The van der Waals surface area contributed by atoms with Crippen LogP contribution in [0.15, 0.2) is 18.2 Å². The van der Waals surface area contributed by atoms with Gasteiger partial charge >= 0.3 is 0 Å². The van der Waals surface area contributed by atoms with Crippen LogP contribution in [0.1, 0.15) is 41.6 Å². The van der Waals surface area contributed by atoms with Gasteiger partial charge in [-0.3, -0.25) is 4.79 Å². The molecule has 0 saturated heterocycles. The molecule has 0 heterocycles. The first kappa shape index (κ1) is 14.9. The van der Waals surface area contributed by atoms with Crippen molar-refractivity contribution in [1.29, 1.82) is 0 Å². The van der Waals surface area contributed by atoms with Gasteiger partial charge in [-0.2, -0.15) is 0 Å². The average molecular weight is 276 g/mol. The van der Waals surface area contributed by atoms with E-state index in [1.54, 1.807) is 7.11 Å². The van der Waals surface area contributed by atoms with E-state index >= 15 is 0 Å². The third-order valence-electron chi connectivity index (χ3n) is 4.14. The van der Waals surface area contributed by atoms with Crippen molar-refractivity contribution in [3.63, 3.8) is 0 Å². The molecule has 1 amide bonds. The van der Waals surface area contributed by atoms with Crippen molar-refractivity contribution in [3.05, 3.63) is 29.3 Å². The van der Waals surface area contributed by atoms with E-state index in [9.17, 15) is 4.79 Å². The molecule has 0 spiro atoms. The maximum Gasteiger partial charge on any atom is 0.251 e. The molecule has 2 rings (SSSR count). The highest BCUT2D eigenvalue weighted by Gasteiger charge is 2.21. The third kappa shape index (κ3) is 3.51. The van der Waals surface area contributed by atoms with Crippen LogP contribution in [0.5, 0.6) is 5.75 Å². The van der Waals surface area contributed by atoms with E-state index in [4.69, 9.17) is 4.74 Å². The number of aryl methyl sites for hydroxylation is 1. The molecule has 1 aliphatic rings. The lowest BCUT2D eigenvalue weighted by atomic mass is 9.91. The predicted octanol–water partition coefficient (Wildman–Crippen LogP) is 2.26. The minimum atomic E-state index is -0.00351. The molecule has 2 N–H and O–H groups in total. The van der Waals surface area contributed by atoms with E-state index in [1.165, 1.54) is 0 Å². The van der Waals surface area contributed by atoms with Crippen molar-refractivity contribution in [2.45, 2.75) is 44.7 Å². The van der Waals surface area contributed by atoms with Gasteiger partial charge in [0.05, 0.1) is 7.11 Å². The zero-order valence-electron chi connectivity index (χ0n) is 12.5. The Morgan fingerprint density at radius 3 is 2.45 bits per heavy atom. The number of hydrogen-bond donors (Lipinski definition) is 2. The standard InChI is InChI=1S/C16H24N2O2/c1-11-4-5-12(10-15(11)20-3)16(19)18-14-8-6-13(17-2)7-9-14/h4-5,10,13-14,17H,6-9H2,1-3H3,(H,18,19). The third-order valence-corrected chi connectivity index (χ3v) is 4.14. The molecule has 0 atom stereocenters. The van der Waals surface area contributed by atoms with Gasteiger partial charge in [0.15, 0.2) is 0 Å². The van der Waals surface area contributed by atoms with E-state index in [0.717, 1.165) is 37.0 Å². The summed E-state index contributed by atoms with van der Waals surface area (Å²) in [6, 6.07) is 6.48. The quantitative estimate of drug-likeness (QED) is 0.887. The maximum atomic E-state index is 12.3. The largest absolute Gasteiger partial charge is 0.496 e. The summed E-state index contributed by atoms with van der Waals surface area (Å²) >= 11 is 0. The molecule has 110 valence electrons. The lowest BCUT2D eigenvalue weighted by molar-refractivity contribution is 0.0924. The summed E-state index contributed by atoms with van der Waals surface area (Å²) in [6.45, 7) is 1.97. The van der Waals surface area contributed by atoms with Crippen LogP contribution in [0.3, 0.4) is 0 Å². The van der Waals surface area contributed by atoms with Crippen molar-refractivity contribution in [2.75, 3.05) is 14.2 Å². The number of rotatable bonds is 4. The molecule has 0 unspecified atom stereocenters. The Morgan fingerprint density at radius 1 is 1.20 bits per heavy atom. The van der Waals surface area contributed by atoms with Gasteiger partial charge in [-0.15, -0.1) is 0 Å². The molecule has 0 radical (unpaired) electrons. The van der Waals surface area contributed by atoms with Gasteiger partial charge in [-0.1, -0.05) is 6.07 Å². The molecule has 4 heteroatoms. The van der Waals surface area contributed by atoms with Gasteiger partial charge in [-0.25, -0.2) is 0 Å². The van der Waals surface area contributed by atoms with Crippen molar-refractivity contribution < 1.29 is 9.53 Å². The molecule has 1 aromatic carbocycles. The van der Waals surface area contributed by atoms with Crippen molar-refractivity contribution in [2.24, 2.45) is 0 Å². The topological polar surface area (TPSA) is 50.4 Å². The van der Waals surface area contributed by atoms with E-state index in [2.05, 4.69) is 10.6 Å². The highest BCUT2D eigenvalue weighted by atomic mass is 16.5. The normalized spacial score (nSPS) is 22.4. The fourth-order valence-electron chi connectivity index (χ4n) is 2.76. The van der Waals surface area contributed by atoms with Crippen LogP contribution in [0.25, 0.3) is 0 Å². The van der Waals surface area contributed by atoms with Crippen LogP contribution >= 0.6 is 0 Å². The van der Waals surface area contributed by atoms with Crippen LogP contribution < -0.4 is 15.4 Å². The number of benzene rings is 1. The summed E-state index contributed by atoms with van der Waals surface area (Å²) in [7, 11) is 3.63. The number of methoxy groups -OCH3 is 1. The van der Waals surface area contributed by atoms with E-state index in [1.807, 2.05) is 32.2 Å². The van der Waals surface area contributed by atoms with E-state index in [-0.39, 0.29) is 5.91 Å². The van der Waals surface area contributed by atoms with Gasteiger partial charge in [0.1, 0.15) is 5.75 Å². The summed E-state index contributed by atoms with van der Waals surface area (Å²) < 4.78 is 5.27. The van der Waals surface area contributed by atoms with Gasteiger partial charge in [0.2, 0.25) is 0 Å². The molecule has 0 aliphatic heterocycles. The molecular formula is C16H24N2O2. The van der Waals surface area contributed by atoms with Gasteiger partial charge in [0.25, 0.3) is 5.91 Å². The van der Waals surface area contributed by atoms with Gasteiger partial charge in [0, 0.05) is 17.6 Å². The SMILES string of the molecule is CNC1CCC(NC(=O)c2ccc(C)c(OC)c2)CC1. The Hall–Kier alpha value is -1.55. The van der Waals surface area contributed by atoms with Crippen LogP contribution in [-0.2, 0) is 0 Å². The molecular weight excluding hydrogens is 252 g/mol. The van der Waals surface area contributed by atoms with Crippen molar-refractivity contribution in [1.82, 2.24) is 10.6 Å². The minimum absolute atomic E-state index is 0.00351. The highest BCUT2D eigenvalue weighted by Crippen LogP contribution is 2.21. The molecule has 0 aromatic heterocycles. The average Bonchev–Trinajstić information content (AvgIpc) is 2.48. The highest BCUT2D eigenvalue weighted by molar-refractivity contribution is 5.94. The Morgan fingerprint density at radius 2 is 1.85 bits per heavy atom. The Balaban J connectivity index is 1.95. The van der Waals surface area contributed by atoms with Crippen LogP contribution in [0.4, 0.5) is 0 Å². The molecule has 1 fully saturated rings. The van der Waals surface area contributed by atoms with E-state index in [0.29, 0.717) is 17.6 Å². The number of carbonyl (C=O) groups is 1. The lowest BCUT2D eigenvalue weighted by Gasteiger charge is -2.28. The van der Waals surface area contributed by atoms with Crippen LogP contribution in [0, 0.1) is 6.92 Å². The Kier molecular flexibility index (Phi) is 5.01. The molecule has 1 saturated carbocycles. The van der Waals surface area contributed by atoms with Crippen LogP contribution in [-0.4, -0.2) is 32.1 Å². The zero-order chi connectivity index (χ0) is 14.5. The molecule has 20 heavy (non-hydrogen) atoms. The predicted molar refractivity (Wildman–Crippen MR) is 80.3 cm³/mol. The van der Waals surface area contributed by atoms with Gasteiger partial charge in [-0.05, 0) is 57.4 Å². The monoisotopic (exact) mass is 276 g/mol. The lowest BCUT2D eigenvalue weighted by Crippen LogP contribution is -2.41. The second kappa shape index (κ2) is 6.75. The smallest absolute Gasteiger partial charge is 0.251 e. The first-order chi connectivity index (χ1) is 9.63. The second-order valence-electron chi connectivity index (χ2n) is 5.50. The van der Waals surface area contributed by atoms with Crippen molar-refractivity contribution in [3.8, 4) is 5.75 Å². The summed E-state index contributed by atoms with van der Waals surface area (Å²) in [4.78, 5) is 12.3. The van der Waals surface area contributed by atoms with E-state index < -0.39 is 0 Å². The number of hydrogen-bond acceptors (Lipinski definition) is 3. The molecule has 1 aliphatic carbocycles. The summed E-state index contributed by atoms with van der Waals surface area (Å²) in [6.07, 6.45) is 4.33. The molecule has 1 aromatic rings. The fraction of sp³-hybridized carbons (Fsp3) is 0.562. The summed E-state index contributed by atoms with van der Waals surface area (Å²) in [5.41, 5.74) is 1.71. The fourth-order valence-corrected chi connectivity index (χ4v) is 2.76. The first-order valence-corrected chi connectivity index (χ1v) is 7.26. The molecule has 0 bridgehead atoms. The number of carbonyl (C=O) groups excluding carboxylic acids is 1. The minimum Gasteiger partial charge on any atom is -0.496 e. The zero-order valence-corrected chi connectivity index (χ0v) is 12.5. The Labute approximate surface area is 120 Å².